The lowest BCUT2D eigenvalue weighted by Gasteiger charge is -2.10. The van der Waals surface area contributed by atoms with Crippen LogP contribution >= 0.6 is 0 Å². The summed E-state index contributed by atoms with van der Waals surface area (Å²) in [5, 5.41) is 23.5. The number of ether oxygens (including phenoxy) is 4. The molecule has 748 valence electrons. The third-order valence-corrected chi connectivity index (χ3v) is 26.3. The van der Waals surface area contributed by atoms with Crippen LogP contribution in [-0.4, -0.2) is 56.7 Å². The average Bonchev–Trinajstić information content (AvgIpc) is 0.929. The molecule has 0 spiro atoms. The number of carbonyl (C=O) groups excluding carboxylic acids is 5. The fourth-order valence-corrected chi connectivity index (χ4v) is 17.9. The van der Waals surface area contributed by atoms with Crippen LogP contribution in [0, 0.1) is 122 Å². The number of aryl methyl sites for hydroxylation is 3. The Hall–Kier alpha value is -16.3. The van der Waals surface area contributed by atoms with Crippen molar-refractivity contribution in [2.45, 2.75) is 261 Å². The first-order valence-electron chi connectivity index (χ1n) is 52.4. The van der Waals surface area contributed by atoms with Gasteiger partial charge >= 0.3 is 11.9 Å². The first kappa shape index (κ1) is 112. The van der Waals surface area contributed by atoms with Gasteiger partial charge in [0.2, 0.25) is 0 Å². The Balaban J connectivity index is 1.09. The molecule has 0 fully saturated rings. The van der Waals surface area contributed by atoms with Gasteiger partial charge in [0.15, 0.2) is 34.4 Å². The molecular weight excluding hydrogens is 1820 g/mol. The fraction of sp³-hybridized carbons (Fsp3) is 0.328. The normalized spacial score (nSPS) is 13.1. The molecule has 11 rings (SSSR count). The second kappa shape index (κ2) is 59.8. The molecule has 0 aliphatic heterocycles. The molecule has 0 N–H and O–H groups in total. The van der Waals surface area contributed by atoms with E-state index in [0.29, 0.717) is 164 Å². The molecule has 14 nitrogen and oxygen atoms in total. The Kier molecular flexibility index (Phi) is 45.3. The van der Waals surface area contributed by atoms with E-state index in [9.17, 15) is 41.1 Å². The van der Waals surface area contributed by atoms with Crippen LogP contribution in [0.2, 0.25) is 0 Å². The van der Waals surface area contributed by atoms with Crippen molar-refractivity contribution < 1.29 is 42.9 Å². The summed E-state index contributed by atoms with van der Waals surface area (Å²) in [6, 6.07) is 57.9. The number of fused-ring (bicyclic) bond motifs is 10. The van der Waals surface area contributed by atoms with Crippen molar-refractivity contribution in [3.8, 4) is 82.8 Å². The number of hydrogen-bond acceptors (Lipinski definition) is 11. The minimum absolute atomic E-state index is 0.0970. The molecule has 0 aromatic heterocycles. The van der Waals surface area contributed by atoms with Crippen LogP contribution in [0.1, 0.15) is 420 Å². The van der Waals surface area contributed by atoms with Crippen LogP contribution in [0.3, 0.4) is 0 Å². The van der Waals surface area contributed by atoms with Gasteiger partial charge in [-0.05, 0) is 309 Å². The number of unbranched alkanes of at least 4 members (excludes halogenated alkanes) is 30. The predicted octanol–water partition coefficient (Wildman–Crippen LogP) is 32.8. The molecule has 0 saturated heterocycles. The largest absolute Gasteiger partial charge is 0.492 e. The molecule has 14 heteroatoms. The number of benzene rings is 10. The maximum Gasteiger partial charge on any atom is 0.337 e. The van der Waals surface area contributed by atoms with E-state index in [4.69, 9.17) is 32.1 Å². The predicted molar refractivity (Wildman–Crippen MR) is 602 cm³/mol. The van der Waals surface area contributed by atoms with Gasteiger partial charge in [-0.2, -0.15) is 10.5 Å². The smallest absolute Gasteiger partial charge is 0.337 e. The third-order valence-electron chi connectivity index (χ3n) is 26.3. The second-order valence-electron chi connectivity index (χ2n) is 38.2. The molecule has 0 saturated carbocycles. The lowest BCUT2D eigenvalue weighted by molar-refractivity contribution is 0.0591. The van der Waals surface area contributed by atoms with E-state index in [0.717, 1.165) is 62.5 Å². The van der Waals surface area contributed by atoms with Gasteiger partial charge in [0.1, 0.15) is 11.5 Å². The Morgan fingerprint density at radius 1 is 0.270 bits per heavy atom. The number of ketones is 3. The lowest BCUT2D eigenvalue weighted by atomic mass is 9.94. The Bertz CT molecular complexity index is 7270. The van der Waals surface area contributed by atoms with E-state index >= 15 is 0 Å². The zero-order valence-electron chi connectivity index (χ0n) is 87.7. The average molecular weight is 1960 g/mol. The number of Topliss-reactive ketones (excluding diaryl/α,β-unsaturated/α-hetero) is 3. The van der Waals surface area contributed by atoms with Crippen LogP contribution in [-0.2, 0) is 9.47 Å². The van der Waals surface area contributed by atoms with E-state index in [2.05, 4.69) is 99.7 Å². The van der Waals surface area contributed by atoms with E-state index < -0.39 is 11.9 Å². The van der Waals surface area contributed by atoms with Crippen LogP contribution in [0.5, 0.6) is 11.5 Å². The highest BCUT2D eigenvalue weighted by molar-refractivity contribution is 6.00. The minimum atomic E-state index is -0.547. The highest BCUT2D eigenvalue weighted by atomic mass is 16.5. The van der Waals surface area contributed by atoms with E-state index in [-0.39, 0.29) is 51.2 Å². The molecular formula is C134H133N5O9. The summed E-state index contributed by atoms with van der Waals surface area (Å²) in [5.74, 6) is 33.0. The van der Waals surface area contributed by atoms with E-state index in [1.54, 1.807) is 188 Å². The number of nitriles is 2. The van der Waals surface area contributed by atoms with Gasteiger partial charge in [-0.25, -0.2) is 24.1 Å². The van der Waals surface area contributed by atoms with Crippen molar-refractivity contribution in [3.63, 3.8) is 0 Å². The molecule has 0 radical (unpaired) electrons. The van der Waals surface area contributed by atoms with Crippen molar-refractivity contribution in [1.29, 1.82) is 10.5 Å². The first-order valence-corrected chi connectivity index (χ1v) is 52.4. The van der Waals surface area contributed by atoms with Crippen molar-refractivity contribution >= 4 is 87.9 Å². The molecule has 0 unspecified atom stereocenters. The van der Waals surface area contributed by atoms with Gasteiger partial charge in [-0.15, -0.1) is 0 Å². The van der Waals surface area contributed by atoms with Crippen LogP contribution in [0.25, 0.3) is 73.2 Å². The maximum atomic E-state index is 13.3. The standard InChI is InChI=1S/C134H133N5O9/c1-14-16-18-20-22-24-26-28-30-32-34-36-38-40-42-44-66-147-131-91-118(100(8)142)63-59-114(131)55-50-105-75-110-85-125(80-105)128(137-9)88-108-73-102(49-54-115-60-65-120(134(144)146-13)92-132(115)148-67-45-43-41-39-37-35-33-31-29-27-25-23-21-19-17-15-2)77-122(82-108)126(93-135)86-106-71-101(46-51-113-58-64-119(70-97(113)5)133(143)145-12)76-121(81-106)127(94-136)87-107-72-103(47-52-111-56-61-116(98(6)140)68-95(111)3)78-123(83-107)129(138-10)89-109-74-104(79-124(84-109)130(90-110)139-11)48-53-112-57-62-117(99(7)141)69-96(112)4/h56-65,68-92H,14-45,66-67H2,1-8,12-13H3/b126-86+,127-87+,128-88-,129-89-,130-90-. The topological polar surface area (TPSA) is 183 Å². The summed E-state index contributed by atoms with van der Waals surface area (Å²) >= 11 is 0. The van der Waals surface area contributed by atoms with Crippen molar-refractivity contribution in [2.75, 3.05) is 27.4 Å². The second-order valence-corrected chi connectivity index (χ2v) is 38.2. The van der Waals surface area contributed by atoms with Crippen molar-refractivity contribution in [1.82, 2.24) is 0 Å². The fourth-order valence-electron chi connectivity index (χ4n) is 17.9. The maximum absolute atomic E-state index is 13.3. The van der Waals surface area contributed by atoms with Gasteiger partial charge in [-0.3, -0.25) is 14.4 Å². The van der Waals surface area contributed by atoms with E-state index in [1.165, 1.54) is 189 Å². The molecule has 10 aromatic rings. The molecule has 0 atom stereocenters. The molecule has 0 amide bonds. The Morgan fingerprint density at radius 3 is 0.770 bits per heavy atom. The third kappa shape index (κ3) is 35.6. The highest BCUT2D eigenvalue weighted by Crippen LogP contribution is 2.36. The lowest BCUT2D eigenvalue weighted by Crippen LogP contribution is -2.04. The van der Waals surface area contributed by atoms with Gasteiger partial charge in [0, 0.05) is 61.2 Å². The summed E-state index contributed by atoms with van der Waals surface area (Å²) < 4.78 is 23.4. The quantitative estimate of drug-likeness (QED) is 0.0117. The van der Waals surface area contributed by atoms with Gasteiger partial charge < -0.3 is 18.9 Å². The molecule has 148 heavy (non-hydrogen) atoms. The van der Waals surface area contributed by atoms with Crippen molar-refractivity contribution in [3.05, 3.63) is 372 Å². The summed E-state index contributed by atoms with van der Waals surface area (Å²) in [7, 11) is 2.64. The Morgan fingerprint density at radius 2 is 0.500 bits per heavy atom. The number of nitrogens with zero attached hydrogens (tertiary/aromatic N) is 5. The molecule has 10 bridgehead atoms. The van der Waals surface area contributed by atoms with Gasteiger partial charge in [0.05, 0.1) is 92.7 Å². The Labute approximate surface area is 878 Å². The van der Waals surface area contributed by atoms with E-state index in [1.807, 2.05) is 45.0 Å². The number of methoxy groups -OCH3 is 2. The number of allylic oxidation sites excluding steroid dienone is 2. The summed E-state index contributed by atoms with van der Waals surface area (Å²) in [4.78, 5) is 77.1. The first-order chi connectivity index (χ1) is 72.0. The minimum Gasteiger partial charge on any atom is -0.492 e. The van der Waals surface area contributed by atoms with Crippen molar-refractivity contribution in [2.24, 2.45) is 0 Å². The zero-order valence-corrected chi connectivity index (χ0v) is 87.7. The highest BCUT2D eigenvalue weighted by Gasteiger charge is 2.20. The van der Waals surface area contributed by atoms with Crippen LogP contribution in [0.15, 0.2) is 182 Å². The van der Waals surface area contributed by atoms with Gasteiger partial charge in [0.25, 0.3) is 0 Å². The summed E-state index contributed by atoms with van der Waals surface area (Å²) in [5.41, 5.74) is 14.5. The number of rotatable bonds is 41. The van der Waals surface area contributed by atoms with Crippen LogP contribution in [0.4, 0.5) is 0 Å². The summed E-state index contributed by atoms with van der Waals surface area (Å²) in [6.07, 6.45) is 47.7. The molecule has 10 aromatic carbocycles. The number of carbonyl (C=O) groups is 5. The molecule has 0 heterocycles. The van der Waals surface area contributed by atoms with Crippen LogP contribution < -0.4 is 9.47 Å². The molecule has 1 aliphatic carbocycles. The zero-order chi connectivity index (χ0) is 105. The number of hydrogen-bond donors (Lipinski definition) is 0. The SMILES string of the molecule is [C-]#[N+]/C1=C\c2cc(C#Cc3ccc(C(=O)OC)cc3OCCCCCCCCCCCCCCCCCC)cc(c2)/C(C#N)=C/c2cc(C#Cc3ccc(C(=O)OC)cc3C)cc(c2)/C(C#N)=C/c2cc(C#Cc3ccc(C(C)=O)cc3C)cc(c2)/C([N+]#[C-])=C/c2cc(C#Cc3ccc(C(C)=O)cc3C)cc(c2)/C([N+]#[C-])=C/c2cc(C#Cc3ccc(C(C)=O)cc3OCCCCCCCCCCCCCCCCCC)cc1c2. The summed E-state index contributed by atoms with van der Waals surface area (Å²) in [6.45, 7) is 42.9. The van der Waals surface area contributed by atoms with Gasteiger partial charge in [-0.1, -0.05) is 296 Å². The monoisotopic (exact) mass is 1960 g/mol. The number of esters is 2. The molecule has 1 aliphatic rings.